The van der Waals surface area contributed by atoms with Crippen LogP contribution < -0.4 is 9.80 Å². The van der Waals surface area contributed by atoms with Crippen LogP contribution in [0.3, 0.4) is 0 Å². The number of aromatic amines is 1. The van der Waals surface area contributed by atoms with E-state index in [1.165, 1.54) is 4.90 Å². The molecule has 4 aromatic rings. The standard InChI is InChI=1S/C25H23N5O3S/c1-34-16-7-5-15(6-8-16)13-30-20-12-26-23(17-3-2-4-19-18(17)11-22(31)27-19)28-24(20)29-9-10-33-14-21(29)25(30)32/h2-8,11-12,21,27,31H,9-10,13-14H2,1H3. The van der Waals surface area contributed by atoms with Crippen molar-refractivity contribution in [2.24, 2.45) is 0 Å². The number of aromatic nitrogens is 3. The first-order chi connectivity index (χ1) is 16.6. The van der Waals surface area contributed by atoms with Crippen molar-refractivity contribution in [3.63, 3.8) is 0 Å². The van der Waals surface area contributed by atoms with Crippen LogP contribution in [-0.2, 0) is 16.1 Å². The molecule has 172 valence electrons. The summed E-state index contributed by atoms with van der Waals surface area (Å²) in [5.74, 6) is 1.37. The smallest absolute Gasteiger partial charge is 0.252 e. The fourth-order valence-corrected chi connectivity index (χ4v) is 5.08. The minimum Gasteiger partial charge on any atom is -0.495 e. The number of nitrogens with zero attached hydrogens (tertiary/aromatic N) is 4. The van der Waals surface area contributed by atoms with Crippen molar-refractivity contribution < 1.29 is 14.6 Å². The molecule has 1 atom stereocenters. The van der Waals surface area contributed by atoms with Gasteiger partial charge in [-0.2, -0.15) is 0 Å². The molecule has 2 aromatic heterocycles. The van der Waals surface area contributed by atoms with E-state index in [1.807, 2.05) is 29.4 Å². The van der Waals surface area contributed by atoms with Crippen LogP contribution >= 0.6 is 11.8 Å². The Balaban J connectivity index is 1.44. The second-order valence-corrected chi connectivity index (χ2v) is 9.26. The molecule has 0 aliphatic carbocycles. The van der Waals surface area contributed by atoms with Gasteiger partial charge in [-0.25, -0.2) is 9.97 Å². The van der Waals surface area contributed by atoms with Crippen LogP contribution in [-0.4, -0.2) is 58.0 Å². The maximum Gasteiger partial charge on any atom is 0.252 e. The maximum atomic E-state index is 13.5. The first kappa shape index (κ1) is 21.0. The van der Waals surface area contributed by atoms with Gasteiger partial charge < -0.3 is 24.6 Å². The fourth-order valence-electron chi connectivity index (χ4n) is 4.67. The minimum absolute atomic E-state index is 0.00449. The van der Waals surface area contributed by atoms with Crippen LogP contribution in [0.2, 0.25) is 0 Å². The first-order valence-electron chi connectivity index (χ1n) is 11.1. The Morgan fingerprint density at radius 2 is 2.09 bits per heavy atom. The van der Waals surface area contributed by atoms with Crippen molar-refractivity contribution >= 4 is 40.1 Å². The third-order valence-electron chi connectivity index (χ3n) is 6.38. The average molecular weight is 474 g/mol. The molecule has 1 unspecified atom stereocenters. The second-order valence-electron chi connectivity index (χ2n) is 8.38. The van der Waals surface area contributed by atoms with Gasteiger partial charge in [0.2, 0.25) is 0 Å². The van der Waals surface area contributed by atoms with E-state index >= 15 is 0 Å². The second kappa shape index (κ2) is 8.34. The van der Waals surface area contributed by atoms with E-state index < -0.39 is 6.04 Å². The lowest BCUT2D eigenvalue weighted by atomic mass is 10.1. The Labute approximate surface area is 200 Å². The van der Waals surface area contributed by atoms with E-state index in [4.69, 9.17) is 9.72 Å². The SMILES string of the molecule is CSc1ccc(CN2C(=O)C3COCCN3c3nc(-c4cccc5[nH]c(O)cc45)ncc32)cc1. The molecule has 4 heterocycles. The van der Waals surface area contributed by atoms with Gasteiger partial charge in [-0.1, -0.05) is 24.3 Å². The third kappa shape index (κ3) is 3.48. The lowest BCUT2D eigenvalue weighted by molar-refractivity contribution is -0.122. The molecule has 0 saturated carbocycles. The molecule has 8 nitrogen and oxygen atoms in total. The van der Waals surface area contributed by atoms with Gasteiger partial charge in [0.05, 0.1) is 26.0 Å². The Kier molecular flexibility index (Phi) is 5.15. The number of hydrogen-bond acceptors (Lipinski definition) is 7. The van der Waals surface area contributed by atoms with E-state index in [9.17, 15) is 9.90 Å². The summed E-state index contributed by atoms with van der Waals surface area (Å²) in [7, 11) is 0. The Morgan fingerprint density at radius 1 is 1.24 bits per heavy atom. The van der Waals surface area contributed by atoms with E-state index in [0.717, 1.165) is 27.8 Å². The number of hydrogen-bond donors (Lipinski definition) is 2. The van der Waals surface area contributed by atoms with Gasteiger partial charge in [-0.05, 0) is 30.0 Å². The van der Waals surface area contributed by atoms with E-state index in [-0.39, 0.29) is 11.8 Å². The number of aromatic hydroxyl groups is 1. The number of thioether (sulfide) groups is 1. The summed E-state index contributed by atoms with van der Waals surface area (Å²) < 4.78 is 5.66. The number of ether oxygens (including phenoxy) is 1. The summed E-state index contributed by atoms with van der Waals surface area (Å²) in [4.78, 5) is 31.0. The van der Waals surface area contributed by atoms with Gasteiger partial charge in [-0.3, -0.25) is 4.79 Å². The van der Waals surface area contributed by atoms with Gasteiger partial charge >= 0.3 is 0 Å². The molecule has 0 spiro atoms. The normalized spacial score (nSPS) is 17.7. The summed E-state index contributed by atoms with van der Waals surface area (Å²) in [6.07, 6.45) is 3.78. The maximum absolute atomic E-state index is 13.5. The highest BCUT2D eigenvalue weighted by molar-refractivity contribution is 7.98. The van der Waals surface area contributed by atoms with Gasteiger partial charge in [-0.15, -0.1) is 11.8 Å². The van der Waals surface area contributed by atoms with Crippen LogP contribution in [0.4, 0.5) is 11.5 Å². The zero-order valence-corrected chi connectivity index (χ0v) is 19.4. The predicted molar refractivity (Wildman–Crippen MR) is 132 cm³/mol. The van der Waals surface area contributed by atoms with Crippen LogP contribution in [0.1, 0.15) is 5.56 Å². The third-order valence-corrected chi connectivity index (χ3v) is 7.13. The molecule has 1 saturated heterocycles. The molecule has 1 amide bonds. The van der Waals surface area contributed by atoms with E-state index in [1.54, 1.807) is 28.9 Å². The summed E-state index contributed by atoms with van der Waals surface area (Å²) in [6, 6.07) is 15.2. The molecule has 34 heavy (non-hydrogen) atoms. The lowest BCUT2D eigenvalue weighted by Gasteiger charge is -2.44. The Hall–Kier alpha value is -3.56. The number of nitrogens with one attached hydrogen (secondary N) is 1. The van der Waals surface area contributed by atoms with Crippen molar-refractivity contribution in [1.29, 1.82) is 0 Å². The number of rotatable bonds is 4. The summed E-state index contributed by atoms with van der Waals surface area (Å²) in [5, 5.41) is 10.8. The molecule has 1 fully saturated rings. The van der Waals surface area contributed by atoms with Crippen molar-refractivity contribution in [2.45, 2.75) is 17.5 Å². The highest BCUT2D eigenvalue weighted by Gasteiger charge is 2.41. The number of fused-ring (bicyclic) bond motifs is 4. The number of amides is 1. The lowest BCUT2D eigenvalue weighted by Crippen LogP contribution is -2.58. The quantitative estimate of drug-likeness (QED) is 0.435. The number of morpholine rings is 1. The molecular weight excluding hydrogens is 450 g/mol. The van der Waals surface area contributed by atoms with Crippen LogP contribution in [0.5, 0.6) is 5.88 Å². The fraction of sp³-hybridized carbons (Fsp3) is 0.240. The zero-order valence-electron chi connectivity index (χ0n) is 18.6. The minimum atomic E-state index is -0.415. The Bertz CT molecular complexity index is 1390. The first-order valence-corrected chi connectivity index (χ1v) is 12.3. The summed E-state index contributed by atoms with van der Waals surface area (Å²) >= 11 is 1.69. The zero-order chi connectivity index (χ0) is 23.2. The van der Waals surface area contributed by atoms with Gasteiger partial charge in [0, 0.05) is 34.0 Å². The molecule has 2 aromatic carbocycles. The Morgan fingerprint density at radius 3 is 2.91 bits per heavy atom. The molecule has 2 N–H and O–H groups in total. The van der Waals surface area contributed by atoms with Crippen LogP contribution in [0.25, 0.3) is 22.3 Å². The summed E-state index contributed by atoms with van der Waals surface area (Å²) in [6.45, 7) is 1.90. The molecule has 2 aliphatic heterocycles. The van der Waals surface area contributed by atoms with Gasteiger partial charge in [0.25, 0.3) is 5.91 Å². The van der Waals surface area contributed by atoms with E-state index in [2.05, 4.69) is 34.2 Å². The number of carbonyl (C=O) groups is 1. The number of benzene rings is 2. The predicted octanol–water partition coefficient (Wildman–Crippen LogP) is 3.80. The molecule has 0 radical (unpaired) electrons. The largest absolute Gasteiger partial charge is 0.495 e. The van der Waals surface area contributed by atoms with Crippen LogP contribution in [0.15, 0.2) is 59.6 Å². The number of H-pyrrole nitrogens is 1. The number of anilines is 2. The van der Waals surface area contributed by atoms with Crippen molar-refractivity contribution in [3.05, 3.63) is 60.3 Å². The van der Waals surface area contributed by atoms with Crippen molar-refractivity contribution in [3.8, 4) is 17.3 Å². The highest BCUT2D eigenvalue weighted by atomic mass is 32.2. The van der Waals surface area contributed by atoms with Crippen LogP contribution in [0, 0.1) is 0 Å². The van der Waals surface area contributed by atoms with Crippen molar-refractivity contribution in [1.82, 2.24) is 15.0 Å². The highest BCUT2D eigenvalue weighted by Crippen LogP contribution is 2.38. The molecular formula is C25H23N5O3S. The summed E-state index contributed by atoms with van der Waals surface area (Å²) in [5.41, 5.74) is 3.37. The molecule has 2 aliphatic rings. The molecule has 0 bridgehead atoms. The average Bonchev–Trinajstić information content (AvgIpc) is 3.27. The molecule has 6 rings (SSSR count). The number of carbonyl (C=O) groups excluding carboxylic acids is 1. The van der Waals surface area contributed by atoms with E-state index in [0.29, 0.717) is 37.8 Å². The molecule has 9 heteroatoms. The van der Waals surface area contributed by atoms with Crippen molar-refractivity contribution in [2.75, 3.05) is 35.8 Å². The monoisotopic (exact) mass is 473 g/mol. The van der Waals surface area contributed by atoms with Gasteiger partial charge in [0.15, 0.2) is 17.5 Å². The topological polar surface area (TPSA) is 94.6 Å². The van der Waals surface area contributed by atoms with Gasteiger partial charge in [0.1, 0.15) is 11.7 Å².